The molecule has 0 spiro atoms. The van der Waals surface area contributed by atoms with Crippen LogP contribution in [0.2, 0.25) is 0 Å². The van der Waals surface area contributed by atoms with Gasteiger partial charge in [-0.1, -0.05) is 12.1 Å². The third-order valence-corrected chi connectivity index (χ3v) is 5.94. The van der Waals surface area contributed by atoms with Gasteiger partial charge >= 0.3 is 0 Å². The molecule has 1 fully saturated rings. The molecule has 0 radical (unpaired) electrons. The molecule has 0 saturated carbocycles. The van der Waals surface area contributed by atoms with E-state index in [1.165, 1.54) is 0 Å². The zero-order valence-corrected chi connectivity index (χ0v) is 17.1. The van der Waals surface area contributed by atoms with Crippen LogP contribution in [0.4, 0.5) is 5.69 Å². The van der Waals surface area contributed by atoms with Gasteiger partial charge in [0.05, 0.1) is 14.2 Å². The second-order valence-corrected chi connectivity index (χ2v) is 7.89. The van der Waals surface area contributed by atoms with Crippen LogP contribution in [0, 0.1) is 0 Å². The molecule has 0 aliphatic carbocycles. The Morgan fingerprint density at radius 3 is 2.26 bits per heavy atom. The summed E-state index contributed by atoms with van der Waals surface area (Å²) >= 11 is 1.81. The fraction of sp³-hybridized carbons (Fsp3) is 0.381. The van der Waals surface area contributed by atoms with Crippen molar-refractivity contribution >= 4 is 23.4 Å². The van der Waals surface area contributed by atoms with Crippen molar-refractivity contribution in [3.05, 3.63) is 53.6 Å². The fourth-order valence-electron chi connectivity index (χ4n) is 3.16. The second-order valence-electron chi connectivity index (χ2n) is 6.70. The van der Waals surface area contributed by atoms with Crippen LogP contribution in [-0.4, -0.2) is 44.9 Å². The number of carbonyl (C=O) groups excluding carboxylic acids is 1. The Balaban J connectivity index is 1.87. The highest BCUT2D eigenvalue weighted by molar-refractivity contribution is 7.99. The van der Waals surface area contributed by atoms with Gasteiger partial charge in [0.1, 0.15) is 16.9 Å². The lowest BCUT2D eigenvalue weighted by Gasteiger charge is -2.35. The molecule has 6 heteroatoms. The number of ether oxygens (including phenoxy) is 2. The van der Waals surface area contributed by atoms with E-state index in [9.17, 15) is 4.79 Å². The van der Waals surface area contributed by atoms with E-state index in [2.05, 4.69) is 29.2 Å². The molecule has 1 aliphatic rings. The van der Waals surface area contributed by atoms with E-state index in [4.69, 9.17) is 9.47 Å². The summed E-state index contributed by atoms with van der Waals surface area (Å²) in [5.41, 5.74) is 3.29. The summed E-state index contributed by atoms with van der Waals surface area (Å²) in [5, 5.41) is 0.0136. The minimum atomic E-state index is 0.0136. The first-order valence-electron chi connectivity index (χ1n) is 8.92. The predicted molar refractivity (Wildman–Crippen MR) is 111 cm³/mol. The molecule has 5 nitrogen and oxygen atoms in total. The van der Waals surface area contributed by atoms with E-state index in [-0.39, 0.29) is 11.3 Å². The Morgan fingerprint density at radius 2 is 1.70 bits per heavy atom. The van der Waals surface area contributed by atoms with Gasteiger partial charge in [-0.2, -0.15) is 0 Å². The van der Waals surface area contributed by atoms with Gasteiger partial charge < -0.3 is 19.3 Å². The van der Waals surface area contributed by atoms with Gasteiger partial charge in [-0.25, -0.2) is 0 Å². The first kappa shape index (κ1) is 19.4. The Kier molecular flexibility index (Phi) is 6.16. The number of carbonyl (C=O) groups is 1. The molecule has 1 saturated heterocycles. The number of benzene rings is 2. The van der Waals surface area contributed by atoms with Crippen molar-refractivity contribution in [3.8, 4) is 11.5 Å². The molecule has 2 aromatic rings. The van der Waals surface area contributed by atoms with Crippen molar-refractivity contribution in [2.75, 3.05) is 39.0 Å². The van der Waals surface area contributed by atoms with Crippen LogP contribution < -0.4 is 14.4 Å². The smallest absolute Gasteiger partial charge is 0.224 e. The molecule has 2 aromatic carbocycles. The van der Waals surface area contributed by atoms with E-state index < -0.39 is 0 Å². The Labute approximate surface area is 165 Å². The molecule has 3 rings (SSSR count). The number of rotatable bonds is 6. The van der Waals surface area contributed by atoms with Gasteiger partial charge in [0, 0.05) is 44.6 Å². The van der Waals surface area contributed by atoms with Crippen LogP contribution in [0.15, 0.2) is 42.5 Å². The minimum Gasteiger partial charge on any atom is -0.497 e. The summed E-state index contributed by atoms with van der Waals surface area (Å²) < 4.78 is 10.7. The van der Waals surface area contributed by atoms with Crippen molar-refractivity contribution < 1.29 is 14.3 Å². The Morgan fingerprint density at radius 1 is 1.07 bits per heavy atom. The molecule has 1 aliphatic heterocycles. The van der Waals surface area contributed by atoms with Gasteiger partial charge in [0.25, 0.3) is 0 Å². The van der Waals surface area contributed by atoms with Crippen LogP contribution in [0.1, 0.15) is 22.9 Å². The zero-order chi connectivity index (χ0) is 19.4. The fourth-order valence-corrected chi connectivity index (χ4v) is 4.40. The van der Waals surface area contributed by atoms with Gasteiger partial charge in [0.15, 0.2) is 0 Å². The molecule has 1 unspecified atom stereocenters. The van der Waals surface area contributed by atoms with Gasteiger partial charge in [-0.3, -0.25) is 4.79 Å². The maximum atomic E-state index is 12.7. The van der Waals surface area contributed by atoms with Crippen molar-refractivity contribution in [2.45, 2.75) is 18.3 Å². The molecular formula is C21H26N2O3S. The summed E-state index contributed by atoms with van der Waals surface area (Å²) in [7, 11) is 7.32. The lowest BCUT2D eigenvalue weighted by molar-refractivity contribution is -0.132. The number of hydrogen-bond donors (Lipinski definition) is 0. The highest BCUT2D eigenvalue weighted by Crippen LogP contribution is 2.39. The molecule has 1 heterocycles. The second kappa shape index (κ2) is 8.57. The van der Waals surface area contributed by atoms with Crippen LogP contribution in [0.25, 0.3) is 0 Å². The Hall–Kier alpha value is -2.34. The lowest BCUT2D eigenvalue weighted by atomic mass is 10.1. The average molecular weight is 387 g/mol. The number of hydrogen-bond acceptors (Lipinski definition) is 5. The number of anilines is 1. The summed E-state index contributed by atoms with van der Waals surface area (Å²) in [6, 6.07) is 14.2. The maximum absolute atomic E-state index is 12.7. The standard InChI is InChI=1S/C21H26N2O3S/c1-22(2)17-7-5-16(6-8-17)21-23(20(24)9-10-27-21)14-15-11-18(25-3)13-19(12-15)26-4/h5-8,11-13,21H,9-10,14H2,1-4H3. The minimum absolute atomic E-state index is 0.0136. The molecule has 27 heavy (non-hydrogen) atoms. The highest BCUT2D eigenvalue weighted by atomic mass is 32.2. The highest BCUT2D eigenvalue weighted by Gasteiger charge is 2.30. The largest absolute Gasteiger partial charge is 0.497 e. The van der Waals surface area contributed by atoms with Crippen molar-refractivity contribution in [1.29, 1.82) is 0 Å². The third-order valence-electron chi connectivity index (χ3n) is 4.65. The first-order valence-corrected chi connectivity index (χ1v) is 9.97. The number of amides is 1. The molecule has 144 valence electrons. The number of methoxy groups -OCH3 is 2. The van der Waals surface area contributed by atoms with E-state index >= 15 is 0 Å². The maximum Gasteiger partial charge on any atom is 0.224 e. The third kappa shape index (κ3) is 4.50. The van der Waals surface area contributed by atoms with E-state index in [1.807, 2.05) is 49.0 Å². The molecule has 0 N–H and O–H groups in total. The molecule has 0 aromatic heterocycles. The van der Waals surface area contributed by atoms with Crippen LogP contribution in [-0.2, 0) is 11.3 Å². The molecule has 0 bridgehead atoms. The van der Waals surface area contributed by atoms with Crippen molar-refractivity contribution in [2.24, 2.45) is 0 Å². The molecule has 1 atom stereocenters. The van der Waals surface area contributed by atoms with Gasteiger partial charge in [-0.15, -0.1) is 11.8 Å². The molecular weight excluding hydrogens is 360 g/mol. The average Bonchev–Trinajstić information content (AvgIpc) is 2.69. The lowest BCUT2D eigenvalue weighted by Crippen LogP contribution is -2.36. The summed E-state index contributed by atoms with van der Waals surface area (Å²) in [6.07, 6.45) is 0.568. The summed E-state index contributed by atoms with van der Waals surface area (Å²) in [6.45, 7) is 0.527. The SMILES string of the molecule is COc1cc(CN2C(=O)CCSC2c2ccc(N(C)C)cc2)cc(OC)c1. The monoisotopic (exact) mass is 386 g/mol. The number of nitrogens with zero attached hydrogens (tertiary/aromatic N) is 2. The van der Waals surface area contributed by atoms with E-state index in [0.717, 1.165) is 34.1 Å². The van der Waals surface area contributed by atoms with Gasteiger partial charge in [0.2, 0.25) is 5.91 Å². The van der Waals surface area contributed by atoms with Crippen LogP contribution in [0.5, 0.6) is 11.5 Å². The van der Waals surface area contributed by atoms with Gasteiger partial charge in [-0.05, 0) is 35.4 Å². The predicted octanol–water partition coefficient (Wildman–Crippen LogP) is 3.93. The summed E-state index contributed by atoms with van der Waals surface area (Å²) in [4.78, 5) is 16.7. The van der Waals surface area contributed by atoms with Crippen molar-refractivity contribution in [3.63, 3.8) is 0 Å². The van der Waals surface area contributed by atoms with Crippen LogP contribution in [0.3, 0.4) is 0 Å². The number of thioether (sulfide) groups is 1. The van der Waals surface area contributed by atoms with E-state index in [1.54, 1.807) is 14.2 Å². The first-order chi connectivity index (χ1) is 13.0. The quantitative estimate of drug-likeness (QED) is 0.752. The molecule has 1 amide bonds. The summed E-state index contributed by atoms with van der Waals surface area (Å²) in [5.74, 6) is 2.48. The van der Waals surface area contributed by atoms with Crippen LogP contribution >= 0.6 is 11.8 Å². The normalized spacial score (nSPS) is 17.0. The Bertz CT molecular complexity index is 770. The topological polar surface area (TPSA) is 42.0 Å². The van der Waals surface area contributed by atoms with E-state index in [0.29, 0.717) is 13.0 Å². The van der Waals surface area contributed by atoms with Crippen molar-refractivity contribution in [1.82, 2.24) is 4.90 Å². The zero-order valence-electron chi connectivity index (χ0n) is 16.3.